The van der Waals surface area contributed by atoms with Gasteiger partial charge in [-0.2, -0.15) is 5.10 Å². The summed E-state index contributed by atoms with van der Waals surface area (Å²) >= 11 is 12.5. The van der Waals surface area contributed by atoms with Crippen molar-refractivity contribution in [3.63, 3.8) is 0 Å². The number of nitrogens with zero attached hydrogens (tertiary/aromatic N) is 2. The quantitative estimate of drug-likeness (QED) is 0.857. The molecule has 114 valence electrons. The molecular weight excluding hydrogens is 305 g/mol. The average molecular weight is 326 g/mol. The summed E-state index contributed by atoms with van der Waals surface area (Å²) in [6, 6.07) is 8.16. The van der Waals surface area contributed by atoms with E-state index < -0.39 is 0 Å². The second-order valence-corrected chi connectivity index (χ2v) is 6.04. The largest absolute Gasteiger partial charge is 0.310 e. The Hall–Kier alpha value is -1.03. The molecule has 0 spiro atoms. The molecule has 0 aliphatic carbocycles. The Morgan fingerprint density at radius 2 is 2.10 bits per heavy atom. The lowest BCUT2D eigenvalue weighted by atomic mass is 9.99. The normalized spacial score (nSPS) is 12.6. The number of rotatable bonds is 6. The van der Waals surface area contributed by atoms with Crippen molar-refractivity contribution < 1.29 is 0 Å². The molecule has 1 atom stereocenters. The lowest BCUT2D eigenvalue weighted by Gasteiger charge is -2.19. The molecule has 0 aliphatic heterocycles. The van der Waals surface area contributed by atoms with Crippen molar-refractivity contribution in [1.29, 1.82) is 0 Å². The van der Waals surface area contributed by atoms with Crippen LogP contribution < -0.4 is 5.32 Å². The maximum absolute atomic E-state index is 6.36. The number of benzene rings is 1. The van der Waals surface area contributed by atoms with Gasteiger partial charge in [0.25, 0.3) is 0 Å². The summed E-state index contributed by atoms with van der Waals surface area (Å²) in [7, 11) is 1.87. The van der Waals surface area contributed by atoms with Crippen LogP contribution >= 0.6 is 23.2 Å². The summed E-state index contributed by atoms with van der Waals surface area (Å²) in [5.41, 5.74) is 3.25. The van der Waals surface area contributed by atoms with E-state index in [0.29, 0.717) is 5.15 Å². The van der Waals surface area contributed by atoms with Crippen molar-refractivity contribution in [2.45, 2.75) is 32.7 Å². The molecule has 1 heterocycles. The van der Waals surface area contributed by atoms with Gasteiger partial charge in [0.1, 0.15) is 5.15 Å². The van der Waals surface area contributed by atoms with E-state index in [1.54, 1.807) is 4.68 Å². The molecule has 21 heavy (non-hydrogen) atoms. The number of halogens is 2. The summed E-state index contributed by atoms with van der Waals surface area (Å²) in [6.07, 6.45) is 1.88. The van der Waals surface area contributed by atoms with Crippen molar-refractivity contribution in [2.24, 2.45) is 7.05 Å². The highest BCUT2D eigenvalue weighted by Gasteiger charge is 2.18. The van der Waals surface area contributed by atoms with E-state index in [-0.39, 0.29) is 6.04 Å². The fourth-order valence-corrected chi connectivity index (χ4v) is 2.91. The summed E-state index contributed by atoms with van der Waals surface area (Å²) in [4.78, 5) is 0. The first-order valence-electron chi connectivity index (χ1n) is 7.19. The Kier molecular flexibility index (Phi) is 5.68. The molecule has 0 amide bonds. The standard InChI is InChI=1S/C16H21Cl2N3/c1-4-8-19-15(12-6-5-7-13(17)9-12)10-14-11(2)20-21(3)16(14)18/h5-7,9,15,19H,4,8,10H2,1-3H3. The van der Waals surface area contributed by atoms with Crippen LogP contribution in [0, 0.1) is 6.92 Å². The second kappa shape index (κ2) is 7.30. The molecular formula is C16H21Cl2N3. The molecule has 1 N–H and O–H groups in total. The Morgan fingerprint density at radius 3 is 2.67 bits per heavy atom. The zero-order valence-corrected chi connectivity index (χ0v) is 14.2. The summed E-state index contributed by atoms with van der Waals surface area (Å²) in [6.45, 7) is 5.11. The molecule has 0 saturated carbocycles. The fourth-order valence-electron chi connectivity index (χ4n) is 2.46. The Balaban J connectivity index is 2.28. The number of nitrogens with one attached hydrogen (secondary N) is 1. The molecule has 0 fully saturated rings. The topological polar surface area (TPSA) is 29.9 Å². The monoisotopic (exact) mass is 325 g/mol. The second-order valence-electron chi connectivity index (χ2n) is 5.24. The lowest BCUT2D eigenvalue weighted by Crippen LogP contribution is -2.24. The highest BCUT2D eigenvalue weighted by Crippen LogP contribution is 2.27. The highest BCUT2D eigenvalue weighted by atomic mass is 35.5. The van der Waals surface area contributed by atoms with E-state index in [0.717, 1.165) is 35.7 Å². The predicted octanol–water partition coefficient (Wildman–Crippen LogP) is 4.32. The van der Waals surface area contributed by atoms with Crippen LogP contribution in [0.25, 0.3) is 0 Å². The summed E-state index contributed by atoms with van der Waals surface area (Å²) < 4.78 is 1.72. The van der Waals surface area contributed by atoms with Gasteiger partial charge in [-0.05, 0) is 44.0 Å². The first-order valence-corrected chi connectivity index (χ1v) is 7.95. The van der Waals surface area contributed by atoms with Crippen LogP contribution in [0.15, 0.2) is 24.3 Å². The minimum Gasteiger partial charge on any atom is -0.310 e. The SMILES string of the molecule is CCCNC(Cc1c(C)nn(C)c1Cl)c1cccc(Cl)c1. The molecule has 2 aromatic rings. The minimum atomic E-state index is 0.184. The summed E-state index contributed by atoms with van der Waals surface area (Å²) in [5.74, 6) is 0. The number of hydrogen-bond donors (Lipinski definition) is 1. The van der Waals surface area contributed by atoms with Crippen molar-refractivity contribution in [2.75, 3.05) is 6.54 Å². The van der Waals surface area contributed by atoms with Gasteiger partial charge in [0, 0.05) is 23.7 Å². The van der Waals surface area contributed by atoms with E-state index >= 15 is 0 Å². The van der Waals surface area contributed by atoms with Crippen LogP contribution in [0.3, 0.4) is 0 Å². The third-order valence-corrected chi connectivity index (χ3v) is 4.28. The first kappa shape index (κ1) is 16.3. The van der Waals surface area contributed by atoms with Gasteiger partial charge in [-0.15, -0.1) is 0 Å². The van der Waals surface area contributed by atoms with E-state index in [1.807, 2.05) is 32.2 Å². The van der Waals surface area contributed by atoms with Gasteiger partial charge in [-0.25, -0.2) is 0 Å². The van der Waals surface area contributed by atoms with Crippen LogP contribution in [0.1, 0.15) is 36.2 Å². The van der Waals surface area contributed by atoms with Crippen molar-refractivity contribution >= 4 is 23.2 Å². The Labute approximate surface area is 136 Å². The van der Waals surface area contributed by atoms with Gasteiger partial charge < -0.3 is 5.32 Å². The molecule has 1 aromatic carbocycles. The molecule has 2 rings (SSSR count). The Morgan fingerprint density at radius 1 is 1.33 bits per heavy atom. The fraction of sp³-hybridized carbons (Fsp3) is 0.438. The molecule has 3 nitrogen and oxygen atoms in total. The minimum absolute atomic E-state index is 0.184. The van der Waals surface area contributed by atoms with Crippen molar-refractivity contribution in [1.82, 2.24) is 15.1 Å². The van der Waals surface area contributed by atoms with Gasteiger partial charge in [-0.1, -0.05) is 42.3 Å². The van der Waals surface area contributed by atoms with E-state index in [4.69, 9.17) is 23.2 Å². The maximum Gasteiger partial charge on any atom is 0.130 e. The van der Waals surface area contributed by atoms with Gasteiger partial charge >= 0.3 is 0 Å². The Bertz CT molecular complexity index is 608. The van der Waals surface area contributed by atoms with Crippen LogP contribution in [0.2, 0.25) is 10.2 Å². The number of aryl methyl sites for hydroxylation is 2. The molecule has 0 bridgehead atoms. The van der Waals surface area contributed by atoms with Crippen LogP contribution in [0.4, 0.5) is 0 Å². The van der Waals surface area contributed by atoms with Crippen molar-refractivity contribution in [3.05, 3.63) is 51.3 Å². The zero-order chi connectivity index (χ0) is 15.4. The maximum atomic E-state index is 6.36. The summed E-state index contributed by atoms with van der Waals surface area (Å²) in [5, 5.41) is 9.42. The third-order valence-electron chi connectivity index (χ3n) is 3.57. The van der Waals surface area contributed by atoms with Gasteiger partial charge in [0.15, 0.2) is 0 Å². The van der Waals surface area contributed by atoms with E-state index in [9.17, 15) is 0 Å². The van der Waals surface area contributed by atoms with E-state index in [2.05, 4.69) is 23.4 Å². The van der Waals surface area contributed by atoms with Crippen molar-refractivity contribution in [3.8, 4) is 0 Å². The van der Waals surface area contributed by atoms with E-state index in [1.165, 1.54) is 5.56 Å². The lowest BCUT2D eigenvalue weighted by molar-refractivity contribution is 0.528. The molecule has 1 aromatic heterocycles. The number of aromatic nitrogens is 2. The predicted molar refractivity (Wildman–Crippen MR) is 89.1 cm³/mol. The van der Waals surface area contributed by atoms with Gasteiger partial charge in [0.2, 0.25) is 0 Å². The van der Waals surface area contributed by atoms with Crippen LogP contribution in [-0.2, 0) is 13.5 Å². The first-order chi connectivity index (χ1) is 10.0. The number of hydrogen-bond acceptors (Lipinski definition) is 2. The molecule has 1 unspecified atom stereocenters. The average Bonchev–Trinajstić information content (AvgIpc) is 2.69. The van der Waals surface area contributed by atoms with Gasteiger partial charge in [-0.3, -0.25) is 4.68 Å². The van der Waals surface area contributed by atoms with Crippen LogP contribution in [0.5, 0.6) is 0 Å². The van der Waals surface area contributed by atoms with Crippen LogP contribution in [-0.4, -0.2) is 16.3 Å². The zero-order valence-electron chi connectivity index (χ0n) is 12.7. The highest BCUT2D eigenvalue weighted by molar-refractivity contribution is 6.30. The third kappa shape index (κ3) is 4.00. The molecule has 5 heteroatoms. The van der Waals surface area contributed by atoms with Gasteiger partial charge in [0.05, 0.1) is 5.69 Å². The molecule has 0 radical (unpaired) electrons. The molecule has 0 saturated heterocycles. The molecule has 0 aliphatic rings. The smallest absolute Gasteiger partial charge is 0.130 e.